The molecule has 592 valence electrons. The van der Waals surface area contributed by atoms with E-state index < -0.39 is 0 Å². The van der Waals surface area contributed by atoms with Gasteiger partial charge in [0.1, 0.15) is 16.7 Å². The Morgan fingerprint density at radius 1 is 0.181 bits per heavy atom. The zero-order valence-electron chi connectivity index (χ0n) is 67.8. The van der Waals surface area contributed by atoms with E-state index in [9.17, 15) is 0 Å². The molecule has 0 fully saturated rings. The number of nitrogens with zero attached hydrogens (tertiary/aromatic N) is 9. The molecule has 0 aliphatic rings. The Morgan fingerprint density at radius 2 is 0.512 bits per heavy atom. The van der Waals surface area contributed by atoms with Crippen LogP contribution in [0.1, 0.15) is 0 Å². The highest BCUT2D eigenvalue weighted by Gasteiger charge is 2.26. The predicted molar refractivity (Wildman–Crippen MR) is 521 cm³/mol. The molecule has 27 rings (SSSR count). The van der Waals surface area contributed by atoms with Crippen molar-refractivity contribution in [2.45, 2.75) is 0 Å². The molecule has 0 unspecified atom stereocenters. The third-order valence-electron chi connectivity index (χ3n) is 25.0. The molecule has 0 radical (unpaired) electrons. The quantitative estimate of drug-likeness (QED) is 0.124. The lowest BCUT2D eigenvalue weighted by molar-refractivity contribution is 0.634. The molecule has 0 amide bonds. The molecule has 12 nitrogen and oxygen atoms in total. The van der Waals surface area contributed by atoms with Crippen molar-refractivity contribution in [3.05, 3.63) is 406 Å². The Hall–Kier alpha value is -17.0. The zero-order valence-corrected chi connectivity index (χ0v) is 68.7. The van der Waals surface area contributed by atoms with E-state index in [0.717, 1.165) is 177 Å². The number of hydrogen-bond acceptors (Lipinski definition) is 10. The van der Waals surface area contributed by atoms with Gasteiger partial charge in [0, 0.05) is 146 Å². The Balaban J connectivity index is 0.000000138. The van der Waals surface area contributed by atoms with Gasteiger partial charge in [-0.25, -0.2) is 29.9 Å². The largest absolute Gasteiger partial charge is 0.453 e. The number of furan rings is 3. The van der Waals surface area contributed by atoms with Crippen LogP contribution in [-0.2, 0) is 0 Å². The maximum atomic E-state index is 7.14. The predicted octanol–water partition coefficient (Wildman–Crippen LogP) is 30.4. The zero-order chi connectivity index (χ0) is 83.3. The van der Waals surface area contributed by atoms with Crippen molar-refractivity contribution in [1.29, 1.82) is 0 Å². The molecule has 0 aliphatic carbocycles. The first-order valence-electron chi connectivity index (χ1n) is 42.5. The van der Waals surface area contributed by atoms with Gasteiger partial charge in [-0.05, 0) is 151 Å². The van der Waals surface area contributed by atoms with Crippen LogP contribution in [0.15, 0.2) is 420 Å². The van der Waals surface area contributed by atoms with Crippen molar-refractivity contribution < 1.29 is 13.3 Å². The lowest BCUT2D eigenvalue weighted by Crippen LogP contribution is -2.00. The Labute approximate surface area is 728 Å². The number of hydrogen-bond donors (Lipinski definition) is 0. The summed E-state index contributed by atoms with van der Waals surface area (Å²) in [7, 11) is 0. The van der Waals surface area contributed by atoms with Gasteiger partial charge in [-0.1, -0.05) is 267 Å². The van der Waals surface area contributed by atoms with Crippen molar-refractivity contribution >= 4 is 163 Å². The summed E-state index contributed by atoms with van der Waals surface area (Å²) < 4.78 is 29.8. The van der Waals surface area contributed by atoms with Crippen LogP contribution in [0.25, 0.3) is 259 Å². The van der Waals surface area contributed by atoms with Crippen LogP contribution in [0, 0.1) is 0 Å². The number of fused-ring (bicyclic) bond motifs is 23. The molecule has 9 aromatic heterocycles. The molecule has 0 saturated carbocycles. The summed E-state index contributed by atoms with van der Waals surface area (Å²) in [5.74, 6) is 3.85. The number of thiophene rings is 1. The molecule has 0 N–H and O–H groups in total. The maximum absolute atomic E-state index is 7.14. The standard InChI is InChI=1S/C63H37N5OS.C51H30N4O2/c1-4-15-38(16-5-1)61-64-62(39-17-6-2-7-18-39)66-63(65-61)41-28-33-56-51(36-41)52-37-43(29-34-57(52)70-56)67-53-25-12-11-22-46(53)50-35-40(27-32-55(50)67)44-23-14-24-48-49-31-30-47-45-21-10-13-26-54(45)68(42-19-8-3-9-20-42)58(47)60(49)69-59(44)48;1-3-12-31(13-4-1)49-52-50(32-14-5-2-6-15-32)54-51(53-49)33-22-25-35(26-23-33)55-43-20-9-7-16-37(43)42-30-34(24-29-44(42)55)36-18-11-19-39-41-28-27-40-38-17-8-10-21-45(38)56-47(40)48(41)57-46(36)39/h1-37H;1-30H. The van der Waals surface area contributed by atoms with Crippen LogP contribution in [0.4, 0.5) is 0 Å². The normalized spacial score (nSPS) is 11.9. The molecule has 0 aliphatic heterocycles. The molecule has 0 bridgehead atoms. The molecule has 0 saturated heterocycles. The van der Waals surface area contributed by atoms with Crippen LogP contribution in [-0.4, -0.2) is 43.6 Å². The van der Waals surface area contributed by atoms with E-state index in [4.69, 9.17) is 43.2 Å². The van der Waals surface area contributed by atoms with Crippen LogP contribution in [0.2, 0.25) is 0 Å². The monoisotopic (exact) mass is 1640 g/mol. The van der Waals surface area contributed by atoms with E-state index in [1.165, 1.54) is 47.1 Å². The summed E-state index contributed by atoms with van der Waals surface area (Å²) in [5, 5.41) is 15.9. The Kier molecular flexibility index (Phi) is 16.3. The summed E-state index contributed by atoms with van der Waals surface area (Å²) >= 11 is 1.81. The first-order chi connectivity index (χ1) is 62.9. The topological polar surface area (TPSA) is 132 Å². The van der Waals surface area contributed by atoms with Gasteiger partial charge in [0.15, 0.2) is 51.7 Å². The highest BCUT2D eigenvalue weighted by atomic mass is 32.1. The molecule has 18 aromatic carbocycles. The number of rotatable bonds is 11. The summed E-state index contributed by atoms with van der Waals surface area (Å²) in [6.07, 6.45) is 0. The second-order valence-electron chi connectivity index (χ2n) is 32.3. The lowest BCUT2D eigenvalue weighted by Gasteiger charge is -2.11. The number of para-hydroxylation sites is 7. The second-order valence-corrected chi connectivity index (χ2v) is 33.4. The average molecular weight is 1640 g/mol. The summed E-state index contributed by atoms with van der Waals surface area (Å²) in [6, 6.07) is 142. The third kappa shape index (κ3) is 11.7. The second kappa shape index (κ2) is 28.8. The summed E-state index contributed by atoms with van der Waals surface area (Å²) in [5.41, 5.74) is 25.0. The van der Waals surface area contributed by atoms with E-state index in [1.54, 1.807) is 0 Å². The van der Waals surface area contributed by atoms with Crippen LogP contribution in [0.3, 0.4) is 0 Å². The van der Waals surface area contributed by atoms with E-state index in [0.29, 0.717) is 34.9 Å². The van der Waals surface area contributed by atoms with Gasteiger partial charge in [0.05, 0.1) is 33.1 Å². The van der Waals surface area contributed by atoms with Gasteiger partial charge < -0.3 is 27.0 Å². The first kappa shape index (κ1) is 71.7. The maximum Gasteiger partial charge on any atom is 0.178 e. The van der Waals surface area contributed by atoms with E-state index >= 15 is 0 Å². The van der Waals surface area contributed by atoms with E-state index in [2.05, 4.69) is 281 Å². The Bertz CT molecular complexity index is 9030. The minimum atomic E-state index is 0.627. The molecule has 0 spiro atoms. The molecule has 27 aromatic rings. The van der Waals surface area contributed by atoms with E-state index in [-0.39, 0.29) is 0 Å². The molecular formula is C114H67N9O3S. The van der Waals surface area contributed by atoms with Gasteiger partial charge in [-0.15, -0.1) is 11.3 Å². The molecule has 9 heterocycles. The van der Waals surface area contributed by atoms with Crippen molar-refractivity contribution in [2.24, 2.45) is 0 Å². The molecule has 0 atom stereocenters. The van der Waals surface area contributed by atoms with Crippen LogP contribution >= 0.6 is 11.3 Å². The Morgan fingerprint density at radius 3 is 1.04 bits per heavy atom. The fourth-order valence-corrected chi connectivity index (χ4v) is 20.2. The van der Waals surface area contributed by atoms with Crippen molar-refractivity contribution in [3.8, 4) is 108 Å². The molecular weight excluding hydrogens is 1580 g/mol. The van der Waals surface area contributed by atoms with Gasteiger partial charge in [-0.2, -0.15) is 0 Å². The van der Waals surface area contributed by atoms with Gasteiger partial charge in [-0.3, -0.25) is 0 Å². The summed E-state index contributed by atoms with van der Waals surface area (Å²) in [4.78, 5) is 29.8. The van der Waals surface area contributed by atoms with Crippen LogP contribution < -0.4 is 0 Å². The van der Waals surface area contributed by atoms with Crippen molar-refractivity contribution in [3.63, 3.8) is 0 Å². The van der Waals surface area contributed by atoms with Crippen molar-refractivity contribution in [2.75, 3.05) is 0 Å². The average Bonchev–Trinajstić information content (AvgIpc) is 1.56. The fourth-order valence-electron chi connectivity index (χ4n) is 19.2. The summed E-state index contributed by atoms with van der Waals surface area (Å²) in [6.45, 7) is 0. The highest BCUT2D eigenvalue weighted by molar-refractivity contribution is 7.25. The fraction of sp³-hybridized carbons (Fsp3) is 0. The first-order valence-corrected chi connectivity index (χ1v) is 43.3. The lowest BCUT2D eigenvalue weighted by atomic mass is 10.00. The van der Waals surface area contributed by atoms with Gasteiger partial charge in [0.25, 0.3) is 0 Å². The van der Waals surface area contributed by atoms with Crippen LogP contribution in [0.5, 0.6) is 0 Å². The number of benzene rings is 18. The SMILES string of the molecule is c1ccc(-c2nc(-c3ccccc3)nc(-c3ccc(-n4c5ccccc5c5cc(-c6cccc7c6oc6c7ccc7c8ccccc8oc76)ccc54)cc3)n2)cc1.c1ccc(-c2nc(-c3ccccc3)nc(-c3ccc4sc5ccc(-n6c7ccccc7c7cc(-c8cccc9c8oc8c9ccc9c%10ccccc%10n(-c%10ccccc%10)c98)ccc76)cc5c4c3)n2)cc1. The van der Waals surface area contributed by atoms with Gasteiger partial charge >= 0.3 is 0 Å². The smallest absolute Gasteiger partial charge is 0.178 e. The third-order valence-corrected chi connectivity index (χ3v) is 26.2. The molecule has 127 heavy (non-hydrogen) atoms. The highest BCUT2D eigenvalue weighted by Crippen LogP contribution is 2.48. The minimum absolute atomic E-state index is 0.627. The van der Waals surface area contributed by atoms with Gasteiger partial charge in [0.2, 0.25) is 0 Å². The number of aromatic nitrogens is 9. The minimum Gasteiger partial charge on any atom is -0.453 e. The molecule has 13 heteroatoms. The van der Waals surface area contributed by atoms with E-state index in [1.807, 2.05) is 151 Å². The van der Waals surface area contributed by atoms with Crippen molar-refractivity contribution in [1.82, 2.24) is 43.6 Å².